The highest BCUT2D eigenvalue weighted by molar-refractivity contribution is 9.10. The van der Waals surface area contributed by atoms with Crippen LogP contribution in [-0.4, -0.2) is 29.6 Å². The Morgan fingerprint density at radius 1 is 0.881 bits per heavy atom. The fraction of sp³-hybridized carbons (Fsp3) is 0.486. The Balaban J connectivity index is 1.66. The molecule has 0 unspecified atom stereocenters. The minimum Gasteiger partial charge on any atom is -0.490 e. The molecule has 0 amide bonds. The predicted molar refractivity (Wildman–Crippen MR) is 171 cm³/mol. The van der Waals surface area contributed by atoms with Gasteiger partial charge in [-0.15, -0.1) is 0 Å². The zero-order valence-electron chi connectivity index (χ0n) is 25.5. The van der Waals surface area contributed by atoms with Crippen LogP contribution in [0.2, 0.25) is 5.02 Å². The number of ether oxygens (including phenoxy) is 2. The number of hydrogen-bond donors (Lipinski definition) is 0. The SMILES string of the molecule is CCCN1C2=C(C(=O)CC(C)(C)C2)C(c2cc(Cl)c(OCc3ccc(Br)cc3)c(OCC)c2)C2=C1CC(C)(C)CC2=O. The summed E-state index contributed by atoms with van der Waals surface area (Å²) in [5.41, 5.74) is 5.12. The Labute approximate surface area is 263 Å². The molecule has 0 aromatic heterocycles. The van der Waals surface area contributed by atoms with E-state index >= 15 is 0 Å². The van der Waals surface area contributed by atoms with Gasteiger partial charge in [0.1, 0.15) is 6.61 Å². The third kappa shape index (κ3) is 6.07. The van der Waals surface area contributed by atoms with Crippen LogP contribution in [0.1, 0.15) is 90.7 Å². The van der Waals surface area contributed by atoms with Crippen LogP contribution in [0.25, 0.3) is 0 Å². The van der Waals surface area contributed by atoms with Crippen molar-refractivity contribution in [1.82, 2.24) is 4.90 Å². The lowest BCUT2D eigenvalue weighted by Gasteiger charge is -2.49. The van der Waals surface area contributed by atoms with Crippen molar-refractivity contribution in [2.75, 3.05) is 13.2 Å². The molecule has 0 bridgehead atoms. The van der Waals surface area contributed by atoms with Crippen molar-refractivity contribution in [1.29, 1.82) is 0 Å². The molecule has 1 aliphatic heterocycles. The first-order valence-corrected chi connectivity index (χ1v) is 16.1. The monoisotopic (exact) mass is 653 g/mol. The summed E-state index contributed by atoms with van der Waals surface area (Å²) >= 11 is 10.4. The lowest BCUT2D eigenvalue weighted by molar-refractivity contribution is -0.119. The maximum atomic E-state index is 14.0. The molecule has 2 aromatic rings. The van der Waals surface area contributed by atoms with Crippen molar-refractivity contribution in [3.8, 4) is 11.5 Å². The lowest BCUT2D eigenvalue weighted by atomic mass is 9.63. The Hall–Kier alpha value is -2.57. The number of ketones is 2. The summed E-state index contributed by atoms with van der Waals surface area (Å²) in [7, 11) is 0. The van der Waals surface area contributed by atoms with Crippen LogP contribution >= 0.6 is 27.5 Å². The third-order valence-corrected chi connectivity index (χ3v) is 9.24. The fourth-order valence-corrected chi connectivity index (χ4v) is 7.31. The second kappa shape index (κ2) is 11.8. The molecule has 42 heavy (non-hydrogen) atoms. The topological polar surface area (TPSA) is 55.8 Å². The Kier molecular flexibility index (Phi) is 8.70. The maximum absolute atomic E-state index is 14.0. The average Bonchev–Trinajstić information content (AvgIpc) is 2.88. The molecular formula is C35H41BrClNO4. The van der Waals surface area contributed by atoms with Crippen molar-refractivity contribution in [3.05, 3.63) is 79.6 Å². The zero-order chi connectivity index (χ0) is 30.4. The summed E-state index contributed by atoms with van der Waals surface area (Å²) in [6.45, 7) is 14.3. The molecule has 0 fully saturated rings. The van der Waals surface area contributed by atoms with Crippen LogP contribution in [0.4, 0.5) is 0 Å². The number of allylic oxidation sites excluding steroid dienone is 4. The molecule has 0 atom stereocenters. The minimum atomic E-state index is -0.479. The molecule has 2 aromatic carbocycles. The van der Waals surface area contributed by atoms with E-state index in [4.69, 9.17) is 21.1 Å². The number of nitrogens with zero attached hydrogens (tertiary/aromatic N) is 1. The first-order chi connectivity index (χ1) is 19.8. The maximum Gasteiger partial charge on any atom is 0.180 e. The van der Waals surface area contributed by atoms with Crippen molar-refractivity contribution in [2.24, 2.45) is 10.8 Å². The van der Waals surface area contributed by atoms with E-state index in [1.165, 1.54) is 0 Å². The molecule has 224 valence electrons. The number of carbonyl (C=O) groups excluding carboxylic acids is 2. The number of benzene rings is 2. The molecule has 7 heteroatoms. The molecule has 3 aliphatic rings. The van der Waals surface area contributed by atoms with Crippen LogP contribution in [0, 0.1) is 10.8 Å². The van der Waals surface area contributed by atoms with Crippen molar-refractivity contribution < 1.29 is 19.1 Å². The van der Waals surface area contributed by atoms with Gasteiger partial charge < -0.3 is 14.4 Å². The summed E-state index contributed by atoms with van der Waals surface area (Å²) in [5.74, 6) is 0.726. The van der Waals surface area contributed by atoms with Gasteiger partial charge in [0.05, 0.1) is 11.6 Å². The summed E-state index contributed by atoms with van der Waals surface area (Å²) in [6, 6.07) is 11.7. The van der Waals surface area contributed by atoms with Gasteiger partial charge in [-0.05, 0) is 72.4 Å². The van der Waals surface area contributed by atoms with Gasteiger partial charge in [0.25, 0.3) is 0 Å². The van der Waals surface area contributed by atoms with E-state index in [0.717, 1.165) is 63.9 Å². The number of Topliss-reactive ketones (excluding diaryl/α,β-unsaturated/α-hetero) is 2. The molecule has 0 N–H and O–H groups in total. The van der Waals surface area contributed by atoms with E-state index in [1.54, 1.807) is 0 Å². The highest BCUT2D eigenvalue weighted by Gasteiger charge is 2.49. The normalized spacial score (nSPS) is 20.0. The van der Waals surface area contributed by atoms with Gasteiger partial charge in [0, 0.05) is 52.3 Å². The predicted octanol–water partition coefficient (Wildman–Crippen LogP) is 9.18. The molecule has 2 aliphatic carbocycles. The molecule has 5 nitrogen and oxygen atoms in total. The van der Waals surface area contributed by atoms with Gasteiger partial charge >= 0.3 is 0 Å². The van der Waals surface area contributed by atoms with Crippen molar-refractivity contribution >= 4 is 39.1 Å². The van der Waals surface area contributed by atoms with E-state index < -0.39 is 5.92 Å². The highest BCUT2D eigenvalue weighted by Crippen LogP contribution is 2.55. The quantitative estimate of drug-likeness (QED) is 0.284. The summed E-state index contributed by atoms with van der Waals surface area (Å²) in [6.07, 6.45) is 3.40. The Bertz CT molecular complexity index is 1420. The van der Waals surface area contributed by atoms with Crippen molar-refractivity contribution in [3.63, 3.8) is 0 Å². The van der Waals surface area contributed by atoms with Gasteiger partial charge in [-0.2, -0.15) is 0 Å². The Morgan fingerprint density at radius 3 is 1.98 bits per heavy atom. The van der Waals surface area contributed by atoms with E-state index in [1.807, 2.05) is 43.3 Å². The van der Waals surface area contributed by atoms with Gasteiger partial charge in [0.2, 0.25) is 0 Å². The van der Waals surface area contributed by atoms with Gasteiger partial charge in [0.15, 0.2) is 23.1 Å². The molecular weight excluding hydrogens is 614 g/mol. The largest absolute Gasteiger partial charge is 0.490 e. The number of hydrogen-bond acceptors (Lipinski definition) is 5. The van der Waals surface area contributed by atoms with Gasteiger partial charge in [-0.3, -0.25) is 9.59 Å². The standard InChI is InChI=1S/C35H41BrClNO4/c1-7-13-38-25-16-34(3,4)18-27(39)31(25)30(32-26(38)17-35(5,6)19-28(32)40)22-14-24(37)33(29(15-22)41-8-2)42-20-21-9-11-23(36)12-10-21/h9-12,14-15,30H,7-8,13,16-20H2,1-6H3. The third-order valence-electron chi connectivity index (χ3n) is 8.43. The van der Waals surface area contributed by atoms with E-state index in [2.05, 4.69) is 55.4 Å². The Morgan fingerprint density at radius 2 is 1.45 bits per heavy atom. The molecule has 1 heterocycles. The first kappa shape index (κ1) is 30.9. The second-order valence-corrected chi connectivity index (χ2v) is 14.7. The molecule has 0 radical (unpaired) electrons. The van der Waals surface area contributed by atoms with Crippen molar-refractivity contribution in [2.45, 2.75) is 86.2 Å². The molecule has 0 saturated heterocycles. The molecule has 5 rings (SSSR count). The lowest BCUT2D eigenvalue weighted by Crippen LogP contribution is -2.44. The molecule has 0 saturated carbocycles. The van der Waals surface area contributed by atoms with Gasteiger partial charge in [-0.25, -0.2) is 0 Å². The first-order valence-electron chi connectivity index (χ1n) is 15.0. The second-order valence-electron chi connectivity index (χ2n) is 13.4. The number of halogens is 2. The van der Waals surface area contributed by atoms with Crippen LogP contribution in [-0.2, 0) is 16.2 Å². The van der Waals surface area contributed by atoms with Crippen LogP contribution in [0.3, 0.4) is 0 Å². The van der Waals surface area contributed by atoms with E-state index in [-0.39, 0.29) is 22.4 Å². The average molecular weight is 655 g/mol. The summed E-state index contributed by atoms with van der Waals surface area (Å²) in [4.78, 5) is 30.4. The zero-order valence-corrected chi connectivity index (χ0v) is 27.9. The fourth-order valence-electron chi connectivity index (χ4n) is 6.77. The molecule has 0 spiro atoms. The summed E-state index contributed by atoms with van der Waals surface area (Å²) in [5, 5.41) is 0.403. The smallest absolute Gasteiger partial charge is 0.180 e. The van der Waals surface area contributed by atoms with Gasteiger partial charge in [-0.1, -0.05) is 74.3 Å². The van der Waals surface area contributed by atoms with Crippen LogP contribution < -0.4 is 9.47 Å². The van der Waals surface area contributed by atoms with Crippen LogP contribution in [0.5, 0.6) is 11.5 Å². The number of carbonyl (C=O) groups is 2. The number of rotatable bonds is 8. The minimum absolute atomic E-state index is 0.112. The van der Waals surface area contributed by atoms with Crippen LogP contribution in [0.15, 0.2) is 63.4 Å². The van der Waals surface area contributed by atoms with E-state index in [0.29, 0.717) is 42.6 Å². The summed E-state index contributed by atoms with van der Waals surface area (Å²) < 4.78 is 13.3. The highest BCUT2D eigenvalue weighted by atomic mass is 79.9. The van der Waals surface area contributed by atoms with E-state index in [9.17, 15) is 9.59 Å².